The molecule has 0 fully saturated rings. The average molecular weight is 342 g/mol. The van der Waals surface area contributed by atoms with Crippen molar-refractivity contribution >= 4 is 19.3 Å². The van der Waals surface area contributed by atoms with Crippen LogP contribution in [0.25, 0.3) is 0 Å². The second-order valence-electron chi connectivity index (χ2n) is 6.01. The van der Waals surface area contributed by atoms with E-state index in [2.05, 4.69) is 0 Å². The number of benzene rings is 1. The highest BCUT2D eigenvalue weighted by Gasteiger charge is 2.42. The van der Waals surface area contributed by atoms with Crippen molar-refractivity contribution in [2.24, 2.45) is 11.8 Å². The number of aliphatic carboxylic acids is 2. The fraction of sp³-hybridized carbons (Fsp3) is 0.500. The number of carbonyl (C=O) groups is 2. The first kappa shape index (κ1) is 19.4. The van der Waals surface area contributed by atoms with E-state index >= 15 is 0 Å². The van der Waals surface area contributed by atoms with Crippen LogP contribution < -0.4 is 0 Å². The number of rotatable bonds is 9. The van der Waals surface area contributed by atoms with Crippen molar-refractivity contribution in [1.29, 1.82) is 0 Å². The highest BCUT2D eigenvalue weighted by molar-refractivity contribution is 7.58. The van der Waals surface area contributed by atoms with Crippen LogP contribution in [-0.4, -0.2) is 32.7 Å². The van der Waals surface area contributed by atoms with E-state index in [0.717, 1.165) is 0 Å². The van der Waals surface area contributed by atoms with E-state index in [9.17, 15) is 24.2 Å². The van der Waals surface area contributed by atoms with Gasteiger partial charge in [-0.1, -0.05) is 44.2 Å². The highest BCUT2D eigenvalue weighted by atomic mass is 31.2. The van der Waals surface area contributed by atoms with Crippen LogP contribution in [0.4, 0.5) is 0 Å². The van der Waals surface area contributed by atoms with E-state index in [0.29, 0.717) is 5.56 Å². The zero-order chi connectivity index (χ0) is 17.6. The summed E-state index contributed by atoms with van der Waals surface area (Å²) in [7, 11) is -3.82. The van der Waals surface area contributed by atoms with Gasteiger partial charge in [0.15, 0.2) is 0 Å². The van der Waals surface area contributed by atoms with Gasteiger partial charge in [0.2, 0.25) is 7.37 Å². The molecule has 0 bridgehead atoms. The summed E-state index contributed by atoms with van der Waals surface area (Å²) in [6.07, 6.45) is -0.619. The largest absolute Gasteiger partial charge is 0.481 e. The first-order valence-electron chi connectivity index (χ1n) is 7.45. The van der Waals surface area contributed by atoms with Crippen LogP contribution in [0.2, 0.25) is 0 Å². The van der Waals surface area contributed by atoms with Crippen LogP contribution in [-0.2, 0) is 20.3 Å². The van der Waals surface area contributed by atoms with Crippen molar-refractivity contribution in [3.05, 3.63) is 35.9 Å². The summed E-state index contributed by atoms with van der Waals surface area (Å²) >= 11 is 0. The Morgan fingerprint density at radius 1 is 1.13 bits per heavy atom. The van der Waals surface area contributed by atoms with Gasteiger partial charge in [-0.25, -0.2) is 0 Å². The lowest BCUT2D eigenvalue weighted by molar-refractivity contribution is -0.143. The summed E-state index contributed by atoms with van der Waals surface area (Å²) in [6.45, 7) is 3.38. The zero-order valence-corrected chi connectivity index (χ0v) is 14.1. The number of hydrogen-bond donors (Lipinski definition) is 3. The van der Waals surface area contributed by atoms with Crippen molar-refractivity contribution in [3.63, 3.8) is 0 Å². The molecule has 1 rings (SSSR count). The van der Waals surface area contributed by atoms with Crippen molar-refractivity contribution in [2.75, 3.05) is 0 Å². The molecule has 1 aromatic carbocycles. The normalized spacial score (nSPS) is 16.5. The van der Waals surface area contributed by atoms with Gasteiger partial charge in [-0.15, -0.1) is 0 Å². The molecule has 0 heterocycles. The van der Waals surface area contributed by atoms with Gasteiger partial charge >= 0.3 is 11.9 Å². The maximum absolute atomic E-state index is 12.9. The van der Waals surface area contributed by atoms with Crippen LogP contribution in [0.1, 0.15) is 32.3 Å². The predicted molar refractivity (Wildman–Crippen MR) is 86.6 cm³/mol. The Hall–Kier alpha value is -1.65. The molecule has 1 aromatic rings. The molecule has 0 aromatic heterocycles. The van der Waals surface area contributed by atoms with Gasteiger partial charge in [0.1, 0.15) is 0 Å². The monoisotopic (exact) mass is 342 g/mol. The minimum absolute atomic E-state index is 0.118. The van der Waals surface area contributed by atoms with Gasteiger partial charge in [0.25, 0.3) is 0 Å². The van der Waals surface area contributed by atoms with E-state index in [4.69, 9.17) is 5.11 Å². The topological polar surface area (TPSA) is 112 Å². The van der Waals surface area contributed by atoms with Gasteiger partial charge in [0.05, 0.1) is 11.6 Å². The molecule has 128 valence electrons. The first-order valence-corrected chi connectivity index (χ1v) is 9.36. The van der Waals surface area contributed by atoms with E-state index in [1.165, 1.54) is 0 Å². The molecule has 3 atom stereocenters. The molecular weight excluding hydrogens is 319 g/mol. The van der Waals surface area contributed by atoms with Crippen LogP contribution in [0.3, 0.4) is 0 Å². The third-order valence-corrected chi connectivity index (χ3v) is 6.51. The quantitative estimate of drug-likeness (QED) is 0.595. The second-order valence-corrected chi connectivity index (χ2v) is 8.43. The van der Waals surface area contributed by atoms with E-state index in [-0.39, 0.29) is 24.9 Å². The summed E-state index contributed by atoms with van der Waals surface area (Å²) in [4.78, 5) is 32.8. The fourth-order valence-electron chi connectivity index (χ4n) is 2.88. The Bertz CT molecular complexity index is 583. The lowest BCUT2D eigenvalue weighted by Crippen LogP contribution is -2.33. The molecule has 23 heavy (non-hydrogen) atoms. The van der Waals surface area contributed by atoms with Crippen LogP contribution in [0.15, 0.2) is 30.3 Å². The molecule has 0 amide bonds. The lowest BCUT2D eigenvalue weighted by atomic mass is 9.92. The van der Waals surface area contributed by atoms with Gasteiger partial charge in [-0.05, 0) is 17.9 Å². The van der Waals surface area contributed by atoms with Crippen molar-refractivity contribution < 1.29 is 29.3 Å². The Balaban J connectivity index is 3.07. The van der Waals surface area contributed by atoms with Crippen molar-refractivity contribution in [1.82, 2.24) is 0 Å². The molecule has 6 nitrogen and oxygen atoms in total. The fourth-order valence-corrected chi connectivity index (χ4v) is 5.60. The molecule has 0 spiro atoms. The summed E-state index contributed by atoms with van der Waals surface area (Å²) < 4.78 is 12.9. The number of carboxylic acid groups (broad SMARTS) is 2. The SMILES string of the molecule is CC(C)C(C(CCC(=O)O)C(=O)O)P(=O)(O)Cc1ccccc1. The molecule has 3 unspecified atom stereocenters. The Morgan fingerprint density at radius 3 is 2.13 bits per heavy atom. The maximum atomic E-state index is 12.9. The molecule has 0 aliphatic carbocycles. The highest BCUT2D eigenvalue weighted by Crippen LogP contribution is 2.55. The van der Waals surface area contributed by atoms with Crippen molar-refractivity contribution in [3.8, 4) is 0 Å². The molecule has 3 N–H and O–H groups in total. The summed E-state index contributed by atoms with van der Waals surface area (Å²) in [5.41, 5.74) is -0.328. The Kier molecular flexibility index (Phi) is 6.98. The molecule has 0 aliphatic rings. The number of hydrogen-bond acceptors (Lipinski definition) is 3. The van der Waals surface area contributed by atoms with Gasteiger partial charge in [-0.2, -0.15) is 0 Å². The first-order chi connectivity index (χ1) is 10.6. The maximum Gasteiger partial charge on any atom is 0.307 e. The summed E-state index contributed by atoms with van der Waals surface area (Å²) in [6, 6.07) is 8.72. The molecule has 7 heteroatoms. The minimum Gasteiger partial charge on any atom is -0.481 e. The minimum atomic E-state index is -3.82. The average Bonchev–Trinajstić information content (AvgIpc) is 2.42. The zero-order valence-electron chi connectivity index (χ0n) is 13.3. The van der Waals surface area contributed by atoms with Crippen LogP contribution >= 0.6 is 7.37 Å². The third-order valence-electron chi connectivity index (χ3n) is 3.80. The van der Waals surface area contributed by atoms with Crippen LogP contribution in [0.5, 0.6) is 0 Å². The van der Waals surface area contributed by atoms with Gasteiger partial charge < -0.3 is 15.1 Å². The number of carboxylic acids is 2. The standard InChI is InChI=1S/C16H23O6P/c1-11(2)15(13(16(19)20)8-9-14(17)18)23(21,22)10-12-6-4-3-5-7-12/h3-7,11,13,15H,8-10H2,1-2H3,(H,17,18)(H,19,20)(H,21,22). The molecular formula is C16H23O6P. The van der Waals surface area contributed by atoms with E-state index in [1.54, 1.807) is 44.2 Å². The molecule has 0 saturated heterocycles. The van der Waals surface area contributed by atoms with Gasteiger partial charge in [0, 0.05) is 12.6 Å². The Labute approximate surface area is 135 Å². The van der Waals surface area contributed by atoms with Gasteiger partial charge in [-0.3, -0.25) is 14.2 Å². The van der Waals surface area contributed by atoms with E-state index < -0.39 is 30.9 Å². The second kappa shape index (κ2) is 8.27. The van der Waals surface area contributed by atoms with Crippen molar-refractivity contribution in [2.45, 2.75) is 38.5 Å². The molecule has 0 aliphatic heterocycles. The summed E-state index contributed by atoms with van der Waals surface area (Å²) in [5.74, 6) is -3.86. The van der Waals surface area contributed by atoms with E-state index in [1.807, 2.05) is 0 Å². The molecule has 0 radical (unpaired) electrons. The van der Waals surface area contributed by atoms with Crippen LogP contribution in [0, 0.1) is 11.8 Å². The smallest absolute Gasteiger partial charge is 0.307 e. The summed E-state index contributed by atoms with van der Waals surface area (Å²) in [5, 5.41) is 18.2. The lowest BCUT2D eigenvalue weighted by Gasteiger charge is -2.31. The molecule has 0 saturated carbocycles. The predicted octanol–water partition coefficient (Wildman–Crippen LogP) is 3.05. The Morgan fingerprint density at radius 2 is 1.70 bits per heavy atom. The third kappa shape index (κ3) is 5.81.